The van der Waals surface area contributed by atoms with E-state index < -0.39 is 24.8 Å². The summed E-state index contributed by atoms with van der Waals surface area (Å²) in [4.78, 5) is 14.3. The van der Waals surface area contributed by atoms with Gasteiger partial charge in [-0.15, -0.1) is 0 Å². The molecule has 1 aliphatic rings. The summed E-state index contributed by atoms with van der Waals surface area (Å²) in [6.07, 6.45) is -2.85. The zero-order chi connectivity index (χ0) is 27.3. The van der Waals surface area contributed by atoms with Crippen LogP contribution in [0.1, 0.15) is 28.0 Å². The van der Waals surface area contributed by atoms with Crippen molar-refractivity contribution >= 4 is 17.2 Å². The van der Waals surface area contributed by atoms with Crippen molar-refractivity contribution in [1.82, 2.24) is 24.4 Å². The molecule has 1 amide bonds. The van der Waals surface area contributed by atoms with Gasteiger partial charge < -0.3 is 24.8 Å². The Morgan fingerprint density at radius 2 is 2.11 bits per heavy atom. The number of likely N-dealkylation sites (tertiary alicyclic amines) is 1. The number of aromatic nitrogens is 3. The van der Waals surface area contributed by atoms with Gasteiger partial charge in [0.25, 0.3) is 5.91 Å². The molecule has 0 aromatic carbocycles. The molecule has 8 nitrogen and oxygen atoms in total. The lowest BCUT2D eigenvalue weighted by Crippen LogP contribution is -2.46. The molecule has 4 heterocycles. The Bertz CT molecular complexity index is 1320. The fourth-order valence-electron chi connectivity index (χ4n) is 4.38. The molecule has 3 aromatic heterocycles. The highest BCUT2D eigenvalue weighted by molar-refractivity contribution is 5.94. The van der Waals surface area contributed by atoms with Gasteiger partial charge in [-0.2, -0.15) is 18.3 Å². The summed E-state index contributed by atoms with van der Waals surface area (Å²) in [5, 5.41) is 10.1. The molecule has 0 unspecified atom stereocenters. The number of hydrogen-bond donors (Lipinski definition) is 2. The van der Waals surface area contributed by atoms with Crippen molar-refractivity contribution in [2.75, 3.05) is 45.7 Å². The fraction of sp³-hybridized carbons (Fsp3) is 0.462. The predicted molar refractivity (Wildman–Crippen MR) is 135 cm³/mol. The second kappa shape index (κ2) is 11.9. The van der Waals surface area contributed by atoms with Crippen molar-refractivity contribution in [3.63, 3.8) is 0 Å². The van der Waals surface area contributed by atoms with Crippen molar-refractivity contribution < 1.29 is 27.1 Å². The third-order valence-electron chi connectivity index (χ3n) is 6.33. The zero-order valence-electron chi connectivity index (χ0n) is 21.2. The zero-order valence-corrected chi connectivity index (χ0v) is 21.2. The maximum atomic E-state index is 14.6. The number of nitrogens with zero attached hydrogens (tertiary/aromatic N) is 4. The van der Waals surface area contributed by atoms with Crippen LogP contribution in [0, 0.1) is 11.8 Å². The van der Waals surface area contributed by atoms with Crippen LogP contribution in [0.4, 0.5) is 23.4 Å². The number of piperidine rings is 1. The highest BCUT2D eigenvalue weighted by atomic mass is 19.4. The Morgan fingerprint density at radius 3 is 2.84 bits per heavy atom. The number of anilines is 1. The molecule has 12 heteroatoms. The maximum absolute atomic E-state index is 14.6. The smallest absolute Gasteiger partial charge is 0.383 e. The summed E-state index contributed by atoms with van der Waals surface area (Å²) in [5.74, 6) is 5.43. The highest BCUT2D eigenvalue weighted by Gasteiger charge is 2.32. The first kappa shape index (κ1) is 27.5. The summed E-state index contributed by atoms with van der Waals surface area (Å²) in [6, 6.07) is 5.96. The van der Waals surface area contributed by atoms with Gasteiger partial charge in [-0.05, 0) is 37.6 Å². The van der Waals surface area contributed by atoms with Crippen molar-refractivity contribution in [2.24, 2.45) is 0 Å². The van der Waals surface area contributed by atoms with Gasteiger partial charge in [-0.3, -0.25) is 4.79 Å². The van der Waals surface area contributed by atoms with Crippen LogP contribution in [0.3, 0.4) is 0 Å². The number of carbonyl (C=O) groups excluding carboxylic acids is 1. The number of nitrogens with one attached hydrogen (secondary N) is 2. The summed E-state index contributed by atoms with van der Waals surface area (Å²) in [7, 11) is 3.43. The van der Waals surface area contributed by atoms with E-state index in [1.54, 1.807) is 37.7 Å². The summed E-state index contributed by atoms with van der Waals surface area (Å²) < 4.78 is 63.0. The Hall–Kier alpha value is -3.56. The van der Waals surface area contributed by atoms with Crippen LogP contribution in [0.5, 0.6) is 0 Å². The molecule has 0 bridgehead atoms. The van der Waals surface area contributed by atoms with Gasteiger partial charge in [-0.25, -0.2) is 8.91 Å². The van der Waals surface area contributed by atoms with E-state index in [1.165, 1.54) is 10.6 Å². The minimum Gasteiger partial charge on any atom is -0.383 e. The Morgan fingerprint density at radius 1 is 1.29 bits per heavy atom. The summed E-state index contributed by atoms with van der Waals surface area (Å²) >= 11 is 0. The Balaban J connectivity index is 1.52. The molecule has 0 radical (unpaired) electrons. The van der Waals surface area contributed by atoms with E-state index in [9.17, 15) is 22.4 Å². The van der Waals surface area contributed by atoms with Crippen LogP contribution in [-0.2, 0) is 17.7 Å². The topological polar surface area (TPSA) is 75.8 Å². The lowest BCUT2D eigenvalue weighted by atomic mass is 10.0. The minimum absolute atomic E-state index is 0.0447. The van der Waals surface area contributed by atoms with Crippen molar-refractivity contribution in [2.45, 2.75) is 37.8 Å². The molecule has 4 rings (SSSR count). The van der Waals surface area contributed by atoms with E-state index in [-0.39, 0.29) is 35.8 Å². The third kappa shape index (κ3) is 6.85. The lowest BCUT2D eigenvalue weighted by Gasteiger charge is -2.33. The van der Waals surface area contributed by atoms with Gasteiger partial charge in [0.2, 0.25) is 0 Å². The number of methoxy groups -OCH3 is 1. The molecule has 204 valence electrons. The maximum Gasteiger partial charge on any atom is 0.393 e. The van der Waals surface area contributed by atoms with Gasteiger partial charge in [0.05, 0.1) is 36.7 Å². The fourth-order valence-corrected chi connectivity index (χ4v) is 4.38. The van der Waals surface area contributed by atoms with Crippen LogP contribution in [0.2, 0.25) is 0 Å². The standard InChI is InChI=1S/C26H30F4N6O2/c1-34-11-9-22(20(27)17-34)32-24-7-3-6-23-19(15-26(28,29)30)21(33-36(23)24)5-4-10-31-25(37)18-8-12-35(16-18)13-14-38-2/h3,6-8,12,16,20,22,32H,9-11,13-15,17H2,1-2H3,(H,31,37)/t20-,22+/m0/s1. The van der Waals surface area contributed by atoms with E-state index in [1.807, 2.05) is 16.5 Å². The molecular formula is C26H30F4N6O2. The third-order valence-corrected chi connectivity index (χ3v) is 6.33. The quantitative estimate of drug-likeness (QED) is 0.343. The number of amides is 1. The second-order valence-electron chi connectivity index (χ2n) is 9.26. The van der Waals surface area contributed by atoms with Crippen LogP contribution < -0.4 is 10.6 Å². The second-order valence-corrected chi connectivity index (χ2v) is 9.26. The first-order chi connectivity index (χ1) is 18.1. The van der Waals surface area contributed by atoms with E-state index in [2.05, 4.69) is 27.6 Å². The average molecular weight is 535 g/mol. The van der Waals surface area contributed by atoms with Gasteiger partial charge >= 0.3 is 6.18 Å². The first-order valence-corrected chi connectivity index (χ1v) is 12.2. The molecule has 38 heavy (non-hydrogen) atoms. The number of pyridine rings is 1. The number of carbonyl (C=O) groups is 1. The molecule has 2 N–H and O–H groups in total. The molecule has 1 aliphatic heterocycles. The molecule has 0 spiro atoms. The number of hydrogen-bond acceptors (Lipinski definition) is 5. The Kier molecular flexibility index (Phi) is 8.58. The molecule has 0 aliphatic carbocycles. The van der Waals surface area contributed by atoms with E-state index in [0.717, 1.165) is 0 Å². The molecule has 0 saturated carbocycles. The van der Waals surface area contributed by atoms with Crippen LogP contribution >= 0.6 is 0 Å². The number of halogens is 4. The summed E-state index contributed by atoms with van der Waals surface area (Å²) in [5.41, 5.74) is 0.553. The van der Waals surface area contributed by atoms with E-state index in [0.29, 0.717) is 37.5 Å². The number of rotatable bonds is 8. The monoisotopic (exact) mass is 534 g/mol. The normalized spacial score (nSPS) is 18.3. The van der Waals surface area contributed by atoms with E-state index >= 15 is 0 Å². The van der Waals surface area contributed by atoms with Gasteiger partial charge in [0.1, 0.15) is 17.7 Å². The van der Waals surface area contributed by atoms with Gasteiger partial charge in [0, 0.05) is 44.7 Å². The highest BCUT2D eigenvalue weighted by Crippen LogP contribution is 2.28. The SMILES string of the molecule is COCCn1ccc(C(=O)NCC#Cc2nn3c(N[C@@H]4CCN(C)C[C@@H]4F)cccc3c2CC(F)(F)F)c1. The van der Waals surface area contributed by atoms with Crippen molar-refractivity contribution in [1.29, 1.82) is 0 Å². The van der Waals surface area contributed by atoms with Gasteiger partial charge in [-0.1, -0.05) is 12.0 Å². The lowest BCUT2D eigenvalue weighted by molar-refractivity contribution is -0.127. The average Bonchev–Trinajstić information content (AvgIpc) is 3.47. The number of alkyl halides is 4. The van der Waals surface area contributed by atoms with Gasteiger partial charge in [0.15, 0.2) is 0 Å². The molecule has 3 aromatic rings. The number of fused-ring (bicyclic) bond motifs is 1. The number of ether oxygens (including phenoxy) is 1. The van der Waals surface area contributed by atoms with Crippen LogP contribution in [-0.4, -0.2) is 83.8 Å². The minimum atomic E-state index is -4.48. The molecule has 1 fully saturated rings. The predicted octanol–water partition coefficient (Wildman–Crippen LogP) is 3.12. The molecule has 2 atom stereocenters. The van der Waals surface area contributed by atoms with Crippen LogP contribution in [0.15, 0.2) is 36.7 Å². The van der Waals surface area contributed by atoms with Crippen molar-refractivity contribution in [3.05, 3.63) is 53.5 Å². The van der Waals surface area contributed by atoms with Crippen molar-refractivity contribution in [3.8, 4) is 11.8 Å². The molecular weight excluding hydrogens is 504 g/mol. The van der Waals surface area contributed by atoms with Crippen LogP contribution in [0.25, 0.3) is 5.52 Å². The van der Waals surface area contributed by atoms with E-state index in [4.69, 9.17) is 4.74 Å². The Labute approximate surface area is 217 Å². The first-order valence-electron chi connectivity index (χ1n) is 12.2. The molecule has 1 saturated heterocycles. The largest absolute Gasteiger partial charge is 0.393 e. The summed E-state index contributed by atoms with van der Waals surface area (Å²) in [6.45, 7) is 2.00.